The van der Waals surface area contributed by atoms with Crippen molar-refractivity contribution in [3.05, 3.63) is 22.4 Å². The first-order valence-electron chi connectivity index (χ1n) is 10.7. The van der Waals surface area contributed by atoms with Gasteiger partial charge in [0.1, 0.15) is 0 Å². The van der Waals surface area contributed by atoms with Gasteiger partial charge in [-0.1, -0.05) is 6.07 Å². The molecule has 0 aromatic carbocycles. The molecule has 4 saturated carbocycles. The molecule has 4 aliphatic carbocycles. The second-order valence-corrected chi connectivity index (χ2v) is 11.1. The maximum absolute atomic E-state index is 12.9. The molecular weight excluding hydrogens is 372 g/mol. The summed E-state index contributed by atoms with van der Waals surface area (Å²) in [7, 11) is 0. The number of carbonyl (C=O) groups is 2. The Kier molecular flexibility index (Phi) is 4.36. The molecule has 3 unspecified atom stereocenters. The van der Waals surface area contributed by atoms with E-state index in [4.69, 9.17) is 0 Å². The molecule has 1 saturated heterocycles. The maximum atomic E-state index is 12.9. The number of amides is 2. The standard InChI is InChI=1S/C22H30N2O3S/c25-18-3-5-20(23-18,13-17-2-1-7-28-17)6-4-19(26)24-21-9-15-8-16(10-21)12-22(27,11-15)14-21/h1-2,7,15-16,27H,3-6,8-14H2,(H,23,25)(H,24,26). The first-order valence-corrected chi connectivity index (χ1v) is 11.6. The van der Waals surface area contributed by atoms with Crippen molar-refractivity contribution in [2.24, 2.45) is 11.8 Å². The second-order valence-electron chi connectivity index (χ2n) is 10.1. The van der Waals surface area contributed by atoms with Crippen LogP contribution in [-0.2, 0) is 16.0 Å². The fourth-order valence-corrected chi connectivity index (χ4v) is 7.85. The SMILES string of the molecule is O=C1CCC(CCC(=O)NC23CC4CC(CC(O)(C4)C2)C3)(Cc2cccs2)N1. The van der Waals surface area contributed by atoms with Crippen LogP contribution in [0.5, 0.6) is 0 Å². The Balaban J connectivity index is 1.23. The molecule has 0 radical (unpaired) electrons. The van der Waals surface area contributed by atoms with Gasteiger partial charge in [-0.25, -0.2) is 0 Å². The lowest BCUT2D eigenvalue weighted by Crippen LogP contribution is -2.65. The van der Waals surface area contributed by atoms with E-state index in [0.29, 0.717) is 31.1 Å². The van der Waals surface area contributed by atoms with Crippen molar-refractivity contribution in [2.75, 3.05) is 0 Å². The van der Waals surface area contributed by atoms with Crippen LogP contribution in [0.1, 0.15) is 69.1 Å². The third-order valence-corrected chi connectivity index (χ3v) is 8.47. The number of rotatable bonds is 6. The van der Waals surface area contributed by atoms with Gasteiger partial charge in [0.2, 0.25) is 11.8 Å². The van der Waals surface area contributed by atoms with Crippen molar-refractivity contribution in [3.63, 3.8) is 0 Å². The molecule has 2 amide bonds. The second kappa shape index (κ2) is 6.56. The number of carbonyl (C=O) groups excluding carboxylic acids is 2. The molecule has 4 bridgehead atoms. The fourth-order valence-electron chi connectivity index (χ4n) is 7.00. The van der Waals surface area contributed by atoms with Gasteiger partial charge in [-0.3, -0.25) is 9.59 Å². The molecule has 6 heteroatoms. The number of nitrogens with one attached hydrogen (secondary N) is 2. The molecule has 0 spiro atoms. The Morgan fingerprint density at radius 2 is 2.07 bits per heavy atom. The van der Waals surface area contributed by atoms with Crippen LogP contribution in [0, 0.1) is 11.8 Å². The summed E-state index contributed by atoms with van der Waals surface area (Å²) in [5.41, 5.74) is -1.05. The zero-order chi connectivity index (χ0) is 19.4. The van der Waals surface area contributed by atoms with Gasteiger partial charge in [0.25, 0.3) is 0 Å². The van der Waals surface area contributed by atoms with E-state index in [0.717, 1.165) is 44.9 Å². The molecule has 3 N–H and O–H groups in total. The van der Waals surface area contributed by atoms with Crippen molar-refractivity contribution in [2.45, 2.75) is 87.3 Å². The quantitative estimate of drug-likeness (QED) is 0.685. The van der Waals surface area contributed by atoms with Crippen molar-refractivity contribution in [1.29, 1.82) is 0 Å². The molecule has 5 fully saturated rings. The summed E-state index contributed by atoms with van der Waals surface area (Å²) >= 11 is 1.71. The number of hydrogen-bond acceptors (Lipinski definition) is 4. The van der Waals surface area contributed by atoms with Crippen LogP contribution < -0.4 is 10.6 Å². The zero-order valence-electron chi connectivity index (χ0n) is 16.3. The summed E-state index contributed by atoms with van der Waals surface area (Å²) in [6, 6.07) is 4.14. The third-order valence-electron chi connectivity index (χ3n) is 7.59. The highest BCUT2D eigenvalue weighted by Crippen LogP contribution is 2.57. The molecule has 1 aliphatic heterocycles. The van der Waals surface area contributed by atoms with E-state index in [1.807, 2.05) is 6.07 Å². The average molecular weight is 403 g/mol. The minimum Gasteiger partial charge on any atom is -0.390 e. The number of aliphatic hydroxyl groups is 1. The maximum Gasteiger partial charge on any atom is 0.220 e. The van der Waals surface area contributed by atoms with Crippen LogP contribution in [0.3, 0.4) is 0 Å². The molecule has 152 valence electrons. The minimum absolute atomic E-state index is 0.0808. The molecule has 28 heavy (non-hydrogen) atoms. The largest absolute Gasteiger partial charge is 0.390 e. The highest BCUT2D eigenvalue weighted by molar-refractivity contribution is 7.09. The number of thiophene rings is 1. The lowest BCUT2D eigenvalue weighted by atomic mass is 9.51. The molecule has 5 nitrogen and oxygen atoms in total. The van der Waals surface area contributed by atoms with Crippen molar-refractivity contribution >= 4 is 23.2 Å². The topological polar surface area (TPSA) is 78.4 Å². The van der Waals surface area contributed by atoms with Gasteiger partial charge in [-0.05, 0) is 74.6 Å². The van der Waals surface area contributed by atoms with E-state index in [-0.39, 0.29) is 22.9 Å². The van der Waals surface area contributed by atoms with E-state index in [1.165, 1.54) is 11.3 Å². The van der Waals surface area contributed by atoms with Gasteiger partial charge in [-0.15, -0.1) is 11.3 Å². The Labute approximate surface area is 170 Å². The van der Waals surface area contributed by atoms with Gasteiger partial charge < -0.3 is 15.7 Å². The predicted octanol–water partition coefficient (Wildman–Crippen LogP) is 2.92. The predicted molar refractivity (Wildman–Crippen MR) is 108 cm³/mol. The Morgan fingerprint density at radius 3 is 2.68 bits per heavy atom. The van der Waals surface area contributed by atoms with Crippen molar-refractivity contribution < 1.29 is 14.7 Å². The highest BCUT2D eigenvalue weighted by Gasteiger charge is 2.57. The summed E-state index contributed by atoms with van der Waals surface area (Å²) < 4.78 is 0. The number of hydrogen-bond donors (Lipinski definition) is 3. The van der Waals surface area contributed by atoms with Crippen LogP contribution in [-0.4, -0.2) is 33.6 Å². The normalized spacial score (nSPS) is 41.2. The van der Waals surface area contributed by atoms with Gasteiger partial charge in [-0.2, -0.15) is 0 Å². The Morgan fingerprint density at radius 1 is 1.29 bits per heavy atom. The van der Waals surface area contributed by atoms with E-state index in [9.17, 15) is 14.7 Å². The van der Waals surface area contributed by atoms with Gasteiger partial charge in [0, 0.05) is 35.2 Å². The Bertz CT molecular complexity index is 763. The summed E-state index contributed by atoms with van der Waals surface area (Å²) in [4.78, 5) is 26.1. The van der Waals surface area contributed by atoms with Gasteiger partial charge in [0.15, 0.2) is 0 Å². The molecule has 2 heterocycles. The van der Waals surface area contributed by atoms with E-state index < -0.39 is 5.60 Å². The first-order chi connectivity index (χ1) is 13.4. The molecular formula is C22H30N2O3S. The fraction of sp³-hybridized carbons (Fsp3) is 0.727. The van der Waals surface area contributed by atoms with Crippen molar-refractivity contribution in [1.82, 2.24) is 10.6 Å². The van der Waals surface area contributed by atoms with Gasteiger partial charge in [0.05, 0.1) is 5.60 Å². The Hall–Kier alpha value is -1.40. The smallest absolute Gasteiger partial charge is 0.220 e. The first kappa shape index (κ1) is 18.6. The third kappa shape index (κ3) is 3.50. The molecule has 6 rings (SSSR count). The lowest BCUT2D eigenvalue weighted by Gasteiger charge is -2.60. The van der Waals surface area contributed by atoms with Crippen LogP contribution in [0.15, 0.2) is 17.5 Å². The molecule has 5 aliphatic rings. The van der Waals surface area contributed by atoms with Crippen LogP contribution in [0.4, 0.5) is 0 Å². The van der Waals surface area contributed by atoms with Crippen LogP contribution in [0.2, 0.25) is 0 Å². The summed E-state index contributed by atoms with van der Waals surface area (Å²) in [6.45, 7) is 0. The summed E-state index contributed by atoms with van der Waals surface area (Å²) in [5.74, 6) is 1.30. The monoisotopic (exact) mass is 402 g/mol. The highest BCUT2D eigenvalue weighted by atomic mass is 32.1. The lowest BCUT2D eigenvalue weighted by molar-refractivity contribution is -0.151. The van der Waals surface area contributed by atoms with Crippen LogP contribution >= 0.6 is 11.3 Å². The minimum atomic E-state index is -0.558. The van der Waals surface area contributed by atoms with Crippen molar-refractivity contribution in [3.8, 4) is 0 Å². The molecule has 1 aromatic rings. The average Bonchev–Trinajstić information content (AvgIpc) is 3.21. The van der Waals surface area contributed by atoms with E-state index in [2.05, 4.69) is 22.1 Å². The van der Waals surface area contributed by atoms with E-state index >= 15 is 0 Å². The van der Waals surface area contributed by atoms with E-state index in [1.54, 1.807) is 11.3 Å². The molecule has 3 atom stereocenters. The van der Waals surface area contributed by atoms with Crippen LogP contribution in [0.25, 0.3) is 0 Å². The molecule has 1 aromatic heterocycles. The summed E-state index contributed by atoms with van der Waals surface area (Å²) in [5, 5.41) is 19.5. The zero-order valence-corrected chi connectivity index (χ0v) is 17.2. The summed E-state index contributed by atoms with van der Waals surface area (Å²) in [6.07, 6.45) is 9.07. The van der Waals surface area contributed by atoms with Gasteiger partial charge >= 0.3 is 0 Å².